The number of aromatic nitrogens is 3. The topological polar surface area (TPSA) is 59.8 Å². The largest absolute Gasteiger partial charge is 0.310 e. The number of rotatable bonds is 4. The summed E-state index contributed by atoms with van der Waals surface area (Å²) in [5, 5.41) is 6.98. The van der Waals surface area contributed by atoms with Crippen molar-refractivity contribution in [3.8, 4) is 11.1 Å². The predicted octanol–water partition coefficient (Wildman–Crippen LogP) is 2.66. The highest BCUT2D eigenvalue weighted by atomic mass is 16.1. The molecule has 5 heteroatoms. The van der Waals surface area contributed by atoms with E-state index in [4.69, 9.17) is 0 Å². The summed E-state index contributed by atoms with van der Waals surface area (Å²) in [4.78, 5) is 16.3. The lowest BCUT2D eigenvalue weighted by Crippen LogP contribution is -2.15. The minimum absolute atomic E-state index is 0.0814. The summed E-state index contributed by atoms with van der Waals surface area (Å²) in [6, 6.07) is 13.4. The Labute approximate surface area is 128 Å². The summed E-state index contributed by atoms with van der Waals surface area (Å²) in [6.45, 7) is 0. The monoisotopic (exact) mass is 292 g/mol. The van der Waals surface area contributed by atoms with E-state index in [2.05, 4.69) is 15.4 Å². The van der Waals surface area contributed by atoms with E-state index >= 15 is 0 Å². The summed E-state index contributed by atoms with van der Waals surface area (Å²) >= 11 is 0. The van der Waals surface area contributed by atoms with Gasteiger partial charge in [-0.15, -0.1) is 0 Å². The van der Waals surface area contributed by atoms with Crippen LogP contribution in [0.4, 0.5) is 5.82 Å². The first-order chi connectivity index (χ1) is 10.7. The van der Waals surface area contributed by atoms with Gasteiger partial charge in [-0.1, -0.05) is 30.3 Å². The molecular formula is C17H16N4O. The fraction of sp³-hybridized carbons (Fsp3) is 0.118. The van der Waals surface area contributed by atoms with Crippen LogP contribution < -0.4 is 5.32 Å². The summed E-state index contributed by atoms with van der Waals surface area (Å²) in [5.74, 6) is 0.462. The molecule has 3 aromatic rings. The summed E-state index contributed by atoms with van der Waals surface area (Å²) in [6.07, 6.45) is 5.72. The lowest BCUT2D eigenvalue weighted by molar-refractivity contribution is -0.115. The van der Waals surface area contributed by atoms with Gasteiger partial charge in [-0.2, -0.15) is 5.10 Å². The van der Waals surface area contributed by atoms with Crippen LogP contribution in [0.3, 0.4) is 0 Å². The zero-order chi connectivity index (χ0) is 15.4. The Hall–Kier alpha value is -2.95. The predicted molar refractivity (Wildman–Crippen MR) is 85.2 cm³/mol. The molecule has 0 spiro atoms. The van der Waals surface area contributed by atoms with E-state index in [9.17, 15) is 4.79 Å². The number of carbonyl (C=O) groups is 1. The molecule has 2 aromatic heterocycles. The Balaban J connectivity index is 1.71. The molecule has 0 atom stereocenters. The molecule has 0 fully saturated rings. The van der Waals surface area contributed by atoms with E-state index < -0.39 is 0 Å². The Morgan fingerprint density at radius 2 is 2.00 bits per heavy atom. The van der Waals surface area contributed by atoms with Gasteiger partial charge in [0, 0.05) is 25.0 Å². The number of anilines is 1. The van der Waals surface area contributed by atoms with E-state index in [1.165, 1.54) is 0 Å². The number of hydrogen-bond acceptors (Lipinski definition) is 3. The van der Waals surface area contributed by atoms with Crippen molar-refractivity contribution < 1.29 is 4.79 Å². The highest BCUT2D eigenvalue weighted by Gasteiger charge is 2.07. The molecule has 1 aromatic carbocycles. The number of benzene rings is 1. The first-order valence-electron chi connectivity index (χ1n) is 6.99. The van der Waals surface area contributed by atoms with Crippen LogP contribution in [0.15, 0.2) is 61.1 Å². The van der Waals surface area contributed by atoms with Gasteiger partial charge in [-0.25, -0.2) is 4.98 Å². The van der Waals surface area contributed by atoms with Gasteiger partial charge in [0.1, 0.15) is 5.82 Å². The zero-order valence-electron chi connectivity index (χ0n) is 12.2. The molecule has 0 aliphatic carbocycles. The molecule has 1 N–H and O–H groups in total. The number of nitrogens with zero attached hydrogens (tertiary/aromatic N) is 3. The summed E-state index contributed by atoms with van der Waals surface area (Å²) in [5.41, 5.74) is 2.94. The molecule has 0 aliphatic heterocycles. The second kappa shape index (κ2) is 6.22. The van der Waals surface area contributed by atoms with Gasteiger partial charge in [-0.3, -0.25) is 9.48 Å². The van der Waals surface area contributed by atoms with Crippen molar-refractivity contribution in [2.75, 3.05) is 5.32 Å². The number of aryl methyl sites for hydroxylation is 1. The molecule has 3 rings (SSSR count). The van der Waals surface area contributed by atoms with Crippen LogP contribution in [0.25, 0.3) is 11.1 Å². The second-order valence-corrected chi connectivity index (χ2v) is 5.04. The quantitative estimate of drug-likeness (QED) is 0.804. The Kier molecular flexibility index (Phi) is 3.96. The van der Waals surface area contributed by atoms with Crippen LogP contribution in [0.5, 0.6) is 0 Å². The van der Waals surface area contributed by atoms with Crippen LogP contribution in [0.1, 0.15) is 5.56 Å². The molecular weight excluding hydrogens is 276 g/mol. The van der Waals surface area contributed by atoms with Crippen LogP contribution in [-0.2, 0) is 18.3 Å². The number of amides is 1. The minimum atomic E-state index is -0.0814. The molecule has 2 heterocycles. The van der Waals surface area contributed by atoms with Gasteiger partial charge in [-0.05, 0) is 23.3 Å². The summed E-state index contributed by atoms with van der Waals surface area (Å²) < 4.78 is 1.74. The molecule has 110 valence electrons. The first-order valence-corrected chi connectivity index (χ1v) is 6.99. The van der Waals surface area contributed by atoms with Crippen LogP contribution in [0.2, 0.25) is 0 Å². The van der Waals surface area contributed by atoms with Crippen LogP contribution in [0, 0.1) is 0 Å². The molecule has 22 heavy (non-hydrogen) atoms. The van der Waals surface area contributed by atoms with Gasteiger partial charge in [0.25, 0.3) is 0 Å². The maximum Gasteiger partial charge on any atom is 0.229 e. The highest BCUT2D eigenvalue weighted by molar-refractivity contribution is 5.91. The van der Waals surface area contributed by atoms with Crippen LogP contribution in [-0.4, -0.2) is 20.7 Å². The van der Waals surface area contributed by atoms with E-state index in [1.807, 2.05) is 55.7 Å². The second-order valence-electron chi connectivity index (χ2n) is 5.04. The molecule has 0 unspecified atom stereocenters. The van der Waals surface area contributed by atoms with Gasteiger partial charge in [0.05, 0.1) is 12.6 Å². The van der Waals surface area contributed by atoms with Gasteiger partial charge >= 0.3 is 0 Å². The highest BCUT2D eigenvalue weighted by Crippen LogP contribution is 2.20. The van der Waals surface area contributed by atoms with Crippen molar-refractivity contribution >= 4 is 11.7 Å². The Bertz CT molecular complexity index is 780. The van der Waals surface area contributed by atoms with Gasteiger partial charge in [0.15, 0.2) is 0 Å². The van der Waals surface area contributed by atoms with E-state index in [0.29, 0.717) is 12.2 Å². The fourth-order valence-electron chi connectivity index (χ4n) is 2.22. The molecule has 1 amide bonds. The van der Waals surface area contributed by atoms with E-state index in [0.717, 1.165) is 16.7 Å². The van der Waals surface area contributed by atoms with Crippen LogP contribution >= 0.6 is 0 Å². The number of pyridine rings is 1. The van der Waals surface area contributed by atoms with Crippen molar-refractivity contribution in [3.05, 3.63) is 66.6 Å². The minimum Gasteiger partial charge on any atom is -0.310 e. The lowest BCUT2D eigenvalue weighted by atomic mass is 10.1. The van der Waals surface area contributed by atoms with Gasteiger partial charge < -0.3 is 5.32 Å². The number of nitrogens with one attached hydrogen (secondary N) is 1. The lowest BCUT2D eigenvalue weighted by Gasteiger charge is -2.06. The third-order valence-corrected chi connectivity index (χ3v) is 3.27. The maximum absolute atomic E-state index is 12.1. The molecule has 0 saturated heterocycles. The zero-order valence-corrected chi connectivity index (χ0v) is 12.2. The van der Waals surface area contributed by atoms with E-state index in [-0.39, 0.29) is 5.91 Å². The smallest absolute Gasteiger partial charge is 0.229 e. The molecule has 0 radical (unpaired) electrons. The van der Waals surface area contributed by atoms with Crippen molar-refractivity contribution in [3.63, 3.8) is 0 Å². The Morgan fingerprint density at radius 3 is 2.73 bits per heavy atom. The number of carbonyl (C=O) groups excluding carboxylic acids is 1. The fourth-order valence-corrected chi connectivity index (χ4v) is 2.22. The third-order valence-electron chi connectivity index (χ3n) is 3.27. The van der Waals surface area contributed by atoms with Crippen molar-refractivity contribution in [1.29, 1.82) is 0 Å². The number of hydrogen-bond donors (Lipinski definition) is 1. The SMILES string of the molecule is Cn1cc(-c2ccnc(NC(=O)Cc3ccccc3)c2)cn1. The van der Waals surface area contributed by atoms with Crippen molar-refractivity contribution in [1.82, 2.24) is 14.8 Å². The molecule has 0 aliphatic rings. The standard InChI is InChI=1S/C17H16N4O/c1-21-12-15(11-19-21)14-7-8-18-16(10-14)20-17(22)9-13-5-3-2-4-6-13/h2-8,10-12H,9H2,1H3,(H,18,20,22). The Morgan fingerprint density at radius 1 is 1.18 bits per heavy atom. The average Bonchev–Trinajstić information content (AvgIpc) is 2.95. The molecule has 5 nitrogen and oxygen atoms in total. The van der Waals surface area contributed by atoms with Crippen molar-refractivity contribution in [2.24, 2.45) is 7.05 Å². The summed E-state index contributed by atoms with van der Waals surface area (Å²) in [7, 11) is 1.87. The third kappa shape index (κ3) is 3.38. The first kappa shape index (κ1) is 14.0. The normalized spacial score (nSPS) is 10.4. The van der Waals surface area contributed by atoms with E-state index in [1.54, 1.807) is 17.1 Å². The molecule has 0 saturated carbocycles. The van der Waals surface area contributed by atoms with Gasteiger partial charge in [0.2, 0.25) is 5.91 Å². The van der Waals surface area contributed by atoms with Crippen molar-refractivity contribution in [2.45, 2.75) is 6.42 Å². The molecule has 0 bridgehead atoms. The maximum atomic E-state index is 12.1. The average molecular weight is 292 g/mol.